The molecule has 4 aromatic rings. The molecule has 2 saturated heterocycles. The Bertz CT molecular complexity index is 2270. The number of piperidine rings is 1. The molecule has 2 N–H and O–H groups in total. The highest BCUT2D eigenvalue weighted by molar-refractivity contribution is 7.09. The summed E-state index contributed by atoms with van der Waals surface area (Å²) >= 11 is 1.31. The molecule has 1 atom stereocenters. The Labute approximate surface area is 340 Å². The Hall–Kier alpha value is -4.99. The number of morpholine rings is 1. The molecule has 6 rings (SSSR count). The zero-order chi connectivity index (χ0) is 43.6. The molecule has 21 heteroatoms. The van der Waals surface area contributed by atoms with E-state index in [1.807, 2.05) is 38.1 Å². The molecule has 2 aliphatic heterocycles. The summed E-state index contributed by atoms with van der Waals surface area (Å²) in [6, 6.07) is 11.3. The van der Waals surface area contributed by atoms with Crippen molar-refractivity contribution in [1.29, 1.82) is 0 Å². The van der Waals surface area contributed by atoms with Gasteiger partial charge in [-0.2, -0.15) is 35.1 Å². The highest BCUT2D eigenvalue weighted by Gasteiger charge is 2.52. The summed E-state index contributed by atoms with van der Waals surface area (Å²) in [4.78, 5) is 58.5. The first-order valence-corrected chi connectivity index (χ1v) is 19.6. The molecule has 12 nitrogen and oxygen atoms in total. The van der Waals surface area contributed by atoms with Crippen molar-refractivity contribution in [2.24, 2.45) is 0 Å². The Morgan fingerprint density at radius 1 is 0.967 bits per heavy atom. The lowest BCUT2D eigenvalue weighted by atomic mass is 9.88. The number of pyridine rings is 1. The highest BCUT2D eigenvalue weighted by atomic mass is 32.1. The van der Waals surface area contributed by atoms with E-state index in [9.17, 15) is 54.3 Å². The maximum atomic E-state index is 14.9. The van der Waals surface area contributed by atoms with Crippen LogP contribution in [0.25, 0.3) is 10.9 Å². The molecule has 0 aliphatic carbocycles. The van der Waals surface area contributed by atoms with Gasteiger partial charge >= 0.3 is 30.4 Å². The van der Waals surface area contributed by atoms with Gasteiger partial charge in [0.1, 0.15) is 18.3 Å². The van der Waals surface area contributed by atoms with E-state index >= 15 is 0 Å². The van der Waals surface area contributed by atoms with Gasteiger partial charge in [0.2, 0.25) is 5.56 Å². The number of halogens is 8. The average molecular weight is 874 g/mol. The van der Waals surface area contributed by atoms with E-state index in [4.69, 9.17) is 9.47 Å². The normalized spacial score (nSPS) is 17.6. The van der Waals surface area contributed by atoms with Crippen molar-refractivity contribution >= 4 is 40.1 Å². The number of hydrogen-bond acceptors (Lipinski definition) is 11. The quantitative estimate of drug-likeness (QED) is 0.0688. The fourth-order valence-electron chi connectivity index (χ4n) is 7.13. The first kappa shape index (κ1) is 44.6. The number of H-pyrrole nitrogens is 1. The number of nitrogens with one attached hydrogen (secondary N) is 2. The third kappa shape index (κ3) is 10.8. The van der Waals surface area contributed by atoms with Crippen molar-refractivity contribution in [3.63, 3.8) is 0 Å². The van der Waals surface area contributed by atoms with E-state index in [0.717, 1.165) is 45.3 Å². The molecule has 2 aliphatic rings. The molecule has 2 fully saturated rings. The molecule has 4 heterocycles. The van der Waals surface area contributed by atoms with Crippen molar-refractivity contribution in [2.75, 3.05) is 39.3 Å². The fourth-order valence-corrected chi connectivity index (χ4v) is 7.94. The monoisotopic (exact) mass is 873 g/mol. The summed E-state index contributed by atoms with van der Waals surface area (Å²) in [5.41, 5.74) is -0.800. The van der Waals surface area contributed by atoms with Crippen LogP contribution < -0.4 is 15.6 Å². The second-order valence-corrected chi connectivity index (χ2v) is 15.8. The summed E-state index contributed by atoms with van der Waals surface area (Å²) in [5, 5.41) is 5.11. The van der Waals surface area contributed by atoms with Crippen LogP contribution >= 0.6 is 11.3 Å². The Balaban J connectivity index is 1.07. The summed E-state index contributed by atoms with van der Waals surface area (Å²) in [7, 11) is 0. The highest BCUT2D eigenvalue weighted by Crippen LogP contribution is 2.39. The molecule has 1 amide bonds. The van der Waals surface area contributed by atoms with Gasteiger partial charge in [0.05, 0.1) is 22.7 Å². The van der Waals surface area contributed by atoms with E-state index in [0.29, 0.717) is 26.1 Å². The third-order valence-corrected chi connectivity index (χ3v) is 11.1. The number of amides is 1. The zero-order valence-electron chi connectivity index (χ0n) is 32.1. The van der Waals surface area contributed by atoms with E-state index in [2.05, 4.69) is 24.9 Å². The molecule has 60 heavy (non-hydrogen) atoms. The number of alkyl halides is 8. The standard InChI is InChI=1S/C39H39F8N5O7S/c1-22(2)32-49-27(19-60-32)33(54)52-20-36(59-37(40,41)21-52)11-14-51(15-12-36)18-24-5-3-4-23(16-24)10-13-48-17-29(58-35(56)39(45,46)47)25-6-8-28(57-34(55)38(42,43)44)31-26(25)7-9-30(53)50-31/h3-9,16,19,22,29,48H,10-15,17-18,20-21H2,1-2H3,(H,50,53)/t29-/m0/s1. The van der Waals surface area contributed by atoms with Crippen molar-refractivity contribution in [1.82, 2.24) is 25.1 Å². The molecule has 0 bridgehead atoms. The number of thiazole rings is 1. The van der Waals surface area contributed by atoms with E-state index < -0.39 is 77.9 Å². The van der Waals surface area contributed by atoms with Crippen molar-refractivity contribution in [2.45, 2.75) is 75.7 Å². The smallest absolute Gasteiger partial charge is 0.449 e. The van der Waals surface area contributed by atoms with Crippen LogP contribution in [-0.2, 0) is 32.0 Å². The summed E-state index contributed by atoms with van der Waals surface area (Å²) in [5.74, 6) is -6.36. The number of fused-ring (bicyclic) bond motifs is 1. The molecule has 324 valence electrons. The van der Waals surface area contributed by atoms with Gasteiger partial charge in [-0.15, -0.1) is 11.3 Å². The maximum absolute atomic E-state index is 14.9. The number of rotatable bonds is 12. The van der Waals surface area contributed by atoms with Crippen LogP contribution in [0, 0.1) is 0 Å². The minimum atomic E-state index is -5.40. The SMILES string of the molecule is CC(C)c1nc(C(=O)N2CC(F)(F)OC3(CCN(Cc4cccc(CCNC[C@H](OC(=O)C(F)(F)F)c5ccc(OC(=O)C(F)(F)F)c6[nH]c(=O)ccc56)c4)CC3)C2)cs1. The van der Waals surface area contributed by atoms with Crippen molar-refractivity contribution < 1.29 is 63.7 Å². The van der Waals surface area contributed by atoms with Gasteiger partial charge in [-0.3, -0.25) is 14.5 Å². The molecule has 1 spiro atoms. The van der Waals surface area contributed by atoms with Gasteiger partial charge in [-0.05, 0) is 49.1 Å². The van der Waals surface area contributed by atoms with Crippen LogP contribution in [0.1, 0.15) is 70.9 Å². The third-order valence-electron chi connectivity index (χ3n) is 9.98. The fraction of sp³-hybridized carbons (Fsp3) is 0.462. The Kier molecular flexibility index (Phi) is 13.0. The number of aromatic nitrogens is 2. The van der Waals surface area contributed by atoms with Crippen LogP contribution in [0.3, 0.4) is 0 Å². The molecule has 2 aromatic carbocycles. The number of benzene rings is 2. The molecule has 0 saturated carbocycles. The topological polar surface area (TPSA) is 143 Å². The first-order valence-electron chi connectivity index (χ1n) is 18.7. The molecule has 0 radical (unpaired) electrons. The molecule has 2 aromatic heterocycles. The number of nitrogens with zero attached hydrogens (tertiary/aromatic N) is 3. The van der Waals surface area contributed by atoms with Crippen molar-refractivity contribution in [3.8, 4) is 5.75 Å². The predicted octanol–water partition coefficient (Wildman–Crippen LogP) is 6.65. The number of carbonyl (C=O) groups is 3. The number of ether oxygens (including phenoxy) is 3. The van der Waals surface area contributed by atoms with E-state index in [1.165, 1.54) is 11.3 Å². The number of carbonyl (C=O) groups excluding carboxylic acids is 3. The van der Waals surface area contributed by atoms with Crippen molar-refractivity contribution in [3.05, 3.63) is 91.7 Å². The summed E-state index contributed by atoms with van der Waals surface area (Å²) in [6.07, 6.45) is -15.2. The number of hydrogen-bond donors (Lipinski definition) is 2. The summed E-state index contributed by atoms with van der Waals surface area (Å²) in [6.45, 7) is 4.02. The van der Waals surface area contributed by atoms with Gasteiger partial charge in [0.15, 0.2) is 5.75 Å². The minimum absolute atomic E-state index is 0.000975. The van der Waals surface area contributed by atoms with Gasteiger partial charge in [-0.1, -0.05) is 44.2 Å². The van der Waals surface area contributed by atoms with E-state index in [1.54, 1.807) is 5.38 Å². The van der Waals surface area contributed by atoms with Crippen LogP contribution in [-0.4, -0.2) is 101 Å². The zero-order valence-corrected chi connectivity index (χ0v) is 32.9. The van der Waals surface area contributed by atoms with Crippen LogP contribution in [0.5, 0.6) is 5.75 Å². The molecular formula is C39H39F8N5O7S. The molecular weight excluding hydrogens is 835 g/mol. The lowest BCUT2D eigenvalue weighted by Gasteiger charge is -2.49. The first-order chi connectivity index (χ1) is 28.1. The number of aromatic amines is 1. The number of esters is 2. The molecule has 0 unspecified atom stereocenters. The Morgan fingerprint density at radius 3 is 2.33 bits per heavy atom. The largest absolute Gasteiger partial charge is 0.491 e. The van der Waals surface area contributed by atoms with Crippen LogP contribution in [0.4, 0.5) is 35.1 Å². The van der Waals surface area contributed by atoms with Crippen LogP contribution in [0.2, 0.25) is 0 Å². The Morgan fingerprint density at radius 2 is 1.67 bits per heavy atom. The number of likely N-dealkylation sites (tertiary alicyclic amines) is 1. The average Bonchev–Trinajstić information content (AvgIpc) is 3.67. The summed E-state index contributed by atoms with van der Waals surface area (Å²) < 4.78 is 123. The van der Waals surface area contributed by atoms with Crippen LogP contribution in [0.15, 0.2) is 58.7 Å². The second-order valence-electron chi connectivity index (χ2n) is 14.9. The lowest BCUT2D eigenvalue weighted by molar-refractivity contribution is -0.332. The maximum Gasteiger partial charge on any atom is 0.491 e. The predicted molar refractivity (Wildman–Crippen MR) is 200 cm³/mol. The lowest BCUT2D eigenvalue weighted by Crippen LogP contribution is -2.62. The van der Waals surface area contributed by atoms with Gasteiger partial charge in [0.25, 0.3) is 5.91 Å². The van der Waals surface area contributed by atoms with E-state index in [-0.39, 0.29) is 48.5 Å². The second kappa shape index (κ2) is 17.5. The van der Waals surface area contributed by atoms with Gasteiger partial charge in [-0.25, -0.2) is 14.6 Å². The minimum Gasteiger partial charge on any atom is -0.449 e. The van der Waals surface area contributed by atoms with Gasteiger partial charge < -0.3 is 29.4 Å². The van der Waals surface area contributed by atoms with Gasteiger partial charge in [0, 0.05) is 54.5 Å².